The van der Waals surface area contributed by atoms with Gasteiger partial charge < -0.3 is 9.53 Å². The summed E-state index contributed by atoms with van der Waals surface area (Å²) in [6.07, 6.45) is 0. The zero-order chi connectivity index (χ0) is 24.2. The van der Waals surface area contributed by atoms with E-state index in [1.54, 1.807) is 0 Å². The molecule has 1 saturated heterocycles. The number of rotatable bonds is 8. The Balaban J connectivity index is 1.63. The molecule has 2 atom stereocenters. The molecule has 1 aliphatic heterocycles. The van der Waals surface area contributed by atoms with Crippen LogP contribution in [0.2, 0.25) is 5.04 Å². The summed E-state index contributed by atoms with van der Waals surface area (Å²) < 4.78 is 7.08. The van der Waals surface area contributed by atoms with Gasteiger partial charge in [0.2, 0.25) is 0 Å². The smallest absolute Gasteiger partial charge is 0.308 e. The van der Waals surface area contributed by atoms with E-state index >= 15 is 0 Å². The van der Waals surface area contributed by atoms with Crippen LogP contribution in [-0.2, 0) is 15.8 Å². The van der Waals surface area contributed by atoms with Crippen LogP contribution < -0.4 is 10.4 Å². The number of carboxylic acids is 1. The highest BCUT2D eigenvalue weighted by molar-refractivity contribution is 6.99. The zero-order valence-corrected chi connectivity index (χ0v) is 21.4. The first-order valence-electron chi connectivity index (χ1n) is 12.1. The number of nitrogens with zero attached hydrogens (tertiary/aromatic N) is 1. The third-order valence-corrected chi connectivity index (χ3v) is 12.0. The topological polar surface area (TPSA) is 49.8 Å². The van der Waals surface area contributed by atoms with E-state index in [9.17, 15) is 9.90 Å². The number of benzene rings is 3. The van der Waals surface area contributed by atoms with Crippen molar-refractivity contribution in [1.82, 2.24) is 4.90 Å². The second kappa shape index (κ2) is 10.3. The van der Waals surface area contributed by atoms with Crippen molar-refractivity contribution in [2.75, 3.05) is 19.7 Å². The van der Waals surface area contributed by atoms with Crippen LogP contribution in [0.1, 0.15) is 26.3 Å². The van der Waals surface area contributed by atoms with E-state index < -0.39 is 20.2 Å². The minimum absolute atomic E-state index is 0.0529. The van der Waals surface area contributed by atoms with E-state index in [1.807, 2.05) is 30.3 Å². The molecule has 0 amide bonds. The highest BCUT2D eigenvalue weighted by Crippen LogP contribution is 2.38. The summed E-state index contributed by atoms with van der Waals surface area (Å²) in [5, 5.41) is 12.3. The normalized spacial score (nSPS) is 19.3. The molecule has 3 aromatic carbocycles. The van der Waals surface area contributed by atoms with Gasteiger partial charge in [0, 0.05) is 32.2 Å². The molecular weight excluding hydrogens is 438 g/mol. The first-order valence-corrected chi connectivity index (χ1v) is 14.0. The predicted molar refractivity (Wildman–Crippen MR) is 140 cm³/mol. The molecule has 178 valence electrons. The Bertz CT molecular complexity index is 1030. The maximum absolute atomic E-state index is 12.2. The summed E-state index contributed by atoms with van der Waals surface area (Å²) in [6.45, 7) is 9.25. The number of carboxylic acid groups (broad SMARTS) is 1. The fourth-order valence-corrected chi connectivity index (χ4v) is 9.99. The molecule has 2 unspecified atom stereocenters. The minimum atomic E-state index is -2.69. The molecular formula is C29H35NO3Si. The summed E-state index contributed by atoms with van der Waals surface area (Å²) >= 11 is 0. The molecule has 4 nitrogen and oxygen atoms in total. The van der Waals surface area contributed by atoms with E-state index in [2.05, 4.69) is 86.3 Å². The molecule has 1 aliphatic rings. The molecule has 4 rings (SSSR count). The summed E-state index contributed by atoms with van der Waals surface area (Å²) in [5.41, 5.74) is 1.21. The average Bonchev–Trinajstić information content (AvgIpc) is 3.23. The largest absolute Gasteiger partial charge is 0.481 e. The van der Waals surface area contributed by atoms with Crippen molar-refractivity contribution in [1.29, 1.82) is 0 Å². The fourth-order valence-electron chi connectivity index (χ4n) is 5.37. The average molecular weight is 474 g/mol. The van der Waals surface area contributed by atoms with Crippen LogP contribution in [0.15, 0.2) is 91.0 Å². The Morgan fingerprint density at radius 1 is 0.882 bits per heavy atom. The number of likely N-dealkylation sites (tertiary alicyclic amines) is 1. The molecule has 0 bridgehead atoms. The Morgan fingerprint density at radius 3 is 1.85 bits per heavy atom. The predicted octanol–water partition coefficient (Wildman–Crippen LogP) is 4.40. The van der Waals surface area contributed by atoms with E-state index in [1.165, 1.54) is 15.9 Å². The fraction of sp³-hybridized carbons (Fsp3) is 0.345. The van der Waals surface area contributed by atoms with E-state index in [0.717, 1.165) is 13.1 Å². The molecule has 0 spiro atoms. The zero-order valence-electron chi connectivity index (χ0n) is 20.4. The van der Waals surface area contributed by atoms with Gasteiger partial charge in [0.1, 0.15) is 0 Å². The lowest BCUT2D eigenvalue weighted by molar-refractivity contribution is -0.142. The van der Waals surface area contributed by atoms with Gasteiger partial charge in [-0.2, -0.15) is 0 Å². The second-order valence-electron chi connectivity index (χ2n) is 10.4. The van der Waals surface area contributed by atoms with Gasteiger partial charge in [-0.3, -0.25) is 9.69 Å². The van der Waals surface area contributed by atoms with Crippen molar-refractivity contribution in [3.05, 3.63) is 96.6 Å². The number of hydrogen-bond donors (Lipinski definition) is 1. The van der Waals surface area contributed by atoms with Gasteiger partial charge in [-0.1, -0.05) is 112 Å². The highest BCUT2D eigenvalue weighted by Gasteiger charge is 2.51. The van der Waals surface area contributed by atoms with Gasteiger partial charge >= 0.3 is 5.97 Å². The lowest BCUT2D eigenvalue weighted by atomic mass is 9.97. The van der Waals surface area contributed by atoms with E-state index in [-0.39, 0.29) is 11.0 Å². The first kappa shape index (κ1) is 24.4. The van der Waals surface area contributed by atoms with Crippen molar-refractivity contribution < 1.29 is 14.3 Å². The van der Waals surface area contributed by atoms with E-state index in [0.29, 0.717) is 13.2 Å². The van der Waals surface area contributed by atoms with Gasteiger partial charge in [-0.05, 0) is 21.0 Å². The summed E-state index contributed by atoms with van der Waals surface area (Å²) in [7, 11) is -2.69. The molecule has 0 radical (unpaired) electrons. The maximum Gasteiger partial charge on any atom is 0.308 e. The summed E-state index contributed by atoms with van der Waals surface area (Å²) in [4.78, 5) is 14.5. The van der Waals surface area contributed by atoms with Crippen LogP contribution in [0.25, 0.3) is 0 Å². The molecule has 1 N–H and O–H groups in total. The van der Waals surface area contributed by atoms with Crippen LogP contribution in [-0.4, -0.2) is 44.0 Å². The number of aliphatic carboxylic acids is 1. The Kier molecular flexibility index (Phi) is 7.36. The standard InChI is InChI=1S/C29H35NO3Si/c1-29(2,3)34(25-15-9-5-10-16-25,26-17-11-6-12-18-26)33-22-24-20-30(21-27(24)28(31)32)19-23-13-7-4-8-14-23/h4-18,24,27H,19-22H2,1-3H3,(H,31,32). The lowest BCUT2D eigenvalue weighted by Crippen LogP contribution is -2.67. The summed E-state index contributed by atoms with van der Waals surface area (Å²) in [6, 6.07) is 31.4. The SMILES string of the molecule is CC(C)(C)[Si](OCC1CN(Cc2ccccc2)CC1C(=O)O)(c1ccccc1)c1ccccc1. The Morgan fingerprint density at radius 2 is 1.38 bits per heavy atom. The van der Waals surface area contributed by atoms with Crippen molar-refractivity contribution in [3.63, 3.8) is 0 Å². The van der Waals surface area contributed by atoms with Crippen LogP contribution in [0.3, 0.4) is 0 Å². The van der Waals surface area contributed by atoms with Crippen LogP contribution >= 0.6 is 0 Å². The molecule has 0 aliphatic carbocycles. The Labute approximate surface area is 204 Å². The quantitative estimate of drug-likeness (QED) is 0.493. The van der Waals surface area contributed by atoms with Gasteiger partial charge in [-0.15, -0.1) is 0 Å². The van der Waals surface area contributed by atoms with Crippen LogP contribution in [0, 0.1) is 11.8 Å². The highest BCUT2D eigenvalue weighted by atomic mass is 28.4. The molecule has 0 saturated carbocycles. The monoisotopic (exact) mass is 473 g/mol. The van der Waals surface area contributed by atoms with Crippen molar-refractivity contribution in [2.45, 2.75) is 32.4 Å². The lowest BCUT2D eigenvalue weighted by Gasteiger charge is -2.43. The van der Waals surface area contributed by atoms with Crippen molar-refractivity contribution >= 4 is 24.7 Å². The minimum Gasteiger partial charge on any atom is -0.481 e. The first-order chi connectivity index (χ1) is 16.3. The van der Waals surface area contributed by atoms with Gasteiger partial charge in [0.05, 0.1) is 5.92 Å². The van der Waals surface area contributed by atoms with Gasteiger partial charge in [0.15, 0.2) is 0 Å². The van der Waals surface area contributed by atoms with Gasteiger partial charge in [-0.25, -0.2) is 0 Å². The van der Waals surface area contributed by atoms with E-state index in [4.69, 9.17) is 4.43 Å². The molecule has 5 heteroatoms. The molecule has 0 aromatic heterocycles. The van der Waals surface area contributed by atoms with Crippen LogP contribution in [0.4, 0.5) is 0 Å². The third kappa shape index (κ3) is 5.02. The molecule has 3 aromatic rings. The summed E-state index contributed by atoms with van der Waals surface area (Å²) in [5.74, 6) is -1.21. The molecule has 34 heavy (non-hydrogen) atoms. The molecule has 1 fully saturated rings. The molecule has 1 heterocycles. The van der Waals surface area contributed by atoms with Crippen molar-refractivity contribution in [2.24, 2.45) is 11.8 Å². The number of hydrogen-bond acceptors (Lipinski definition) is 3. The number of carbonyl (C=O) groups is 1. The third-order valence-electron chi connectivity index (χ3n) is 7.01. The second-order valence-corrected chi connectivity index (χ2v) is 14.7. The van der Waals surface area contributed by atoms with Crippen LogP contribution in [0.5, 0.6) is 0 Å². The van der Waals surface area contributed by atoms with Gasteiger partial charge in [0.25, 0.3) is 8.32 Å². The van der Waals surface area contributed by atoms with Crippen molar-refractivity contribution in [3.8, 4) is 0 Å². The Hall–Kier alpha value is -2.73. The maximum atomic E-state index is 12.2.